The SMILES string of the molecule is C=C(N=NC(C)C(=C)/C=C\CC)c1ccccc1. The second kappa shape index (κ2) is 7.38. The van der Waals surface area contributed by atoms with Crippen LogP contribution >= 0.6 is 0 Å². The second-order valence-corrected chi connectivity index (χ2v) is 4.09. The van der Waals surface area contributed by atoms with E-state index in [0.29, 0.717) is 5.70 Å². The van der Waals surface area contributed by atoms with Gasteiger partial charge >= 0.3 is 0 Å². The second-order valence-electron chi connectivity index (χ2n) is 4.09. The minimum absolute atomic E-state index is 0.0201. The average molecular weight is 240 g/mol. The molecule has 0 aromatic heterocycles. The van der Waals surface area contributed by atoms with Crippen LogP contribution in [0, 0.1) is 0 Å². The van der Waals surface area contributed by atoms with E-state index in [0.717, 1.165) is 17.6 Å². The van der Waals surface area contributed by atoms with Crippen molar-refractivity contribution >= 4 is 5.70 Å². The van der Waals surface area contributed by atoms with Gasteiger partial charge < -0.3 is 0 Å². The number of hydrogen-bond acceptors (Lipinski definition) is 2. The molecule has 94 valence electrons. The van der Waals surface area contributed by atoms with Crippen LogP contribution in [-0.2, 0) is 0 Å². The quantitative estimate of drug-likeness (QED) is 0.492. The molecule has 1 aromatic rings. The van der Waals surface area contributed by atoms with Crippen LogP contribution < -0.4 is 0 Å². The Bertz CT molecular complexity index is 455. The molecule has 1 rings (SSSR count). The molecule has 0 aliphatic carbocycles. The fraction of sp³-hybridized carbons (Fsp3) is 0.250. The average Bonchev–Trinajstić information content (AvgIpc) is 2.42. The van der Waals surface area contributed by atoms with E-state index in [1.165, 1.54) is 0 Å². The molecule has 0 radical (unpaired) electrons. The summed E-state index contributed by atoms with van der Waals surface area (Å²) in [6.07, 6.45) is 5.06. The molecule has 1 unspecified atom stereocenters. The van der Waals surface area contributed by atoms with Crippen molar-refractivity contribution in [3.05, 3.63) is 66.8 Å². The van der Waals surface area contributed by atoms with Crippen molar-refractivity contribution in [1.29, 1.82) is 0 Å². The van der Waals surface area contributed by atoms with Crippen LogP contribution in [0.5, 0.6) is 0 Å². The lowest BCUT2D eigenvalue weighted by Crippen LogP contribution is -1.98. The van der Waals surface area contributed by atoms with E-state index in [4.69, 9.17) is 0 Å². The van der Waals surface area contributed by atoms with E-state index >= 15 is 0 Å². The molecule has 2 heteroatoms. The highest BCUT2D eigenvalue weighted by Crippen LogP contribution is 2.15. The predicted molar refractivity (Wildman–Crippen MR) is 78.4 cm³/mol. The number of rotatable bonds is 6. The minimum Gasteiger partial charge on any atom is -0.181 e. The van der Waals surface area contributed by atoms with E-state index < -0.39 is 0 Å². The zero-order valence-electron chi connectivity index (χ0n) is 11.1. The monoisotopic (exact) mass is 240 g/mol. The zero-order chi connectivity index (χ0) is 13.4. The summed E-state index contributed by atoms with van der Waals surface area (Å²) in [7, 11) is 0. The van der Waals surface area contributed by atoms with Gasteiger partial charge in [0.25, 0.3) is 0 Å². The van der Waals surface area contributed by atoms with Gasteiger partial charge in [0.05, 0.1) is 11.7 Å². The van der Waals surface area contributed by atoms with Crippen LogP contribution in [0.25, 0.3) is 5.70 Å². The summed E-state index contributed by atoms with van der Waals surface area (Å²) in [5.74, 6) is 0. The van der Waals surface area contributed by atoms with Gasteiger partial charge in [0, 0.05) is 5.56 Å². The number of hydrogen-bond donors (Lipinski definition) is 0. The van der Waals surface area contributed by atoms with Crippen molar-refractivity contribution in [1.82, 2.24) is 0 Å². The molecule has 1 aromatic carbocycles. The van der Waals surface area contributed by atoms with E-state index in [1.807, 2.05) is 43.3 Å². The number of benzene rings is 1. The molecule has 0 fully saturated rings. The molecule has 0 spiro atoms. The molecule has 0 bridgehead atoms. The van der Waals surface area contributed by atoms with Gasteiger partial charge in [-0.3, -0.25) is 0 Å². The van der Waals surface area contributed by atoms with Crippen molar-refractivity contribution < 1.29 is 0 Å². The maximum atomic E-state index is 4.23. The van der Waals surface area contributed by atoms with Crippen LogP contribution in [0.15, 0.2) is 71.4 Å². The van der Waals surface area contributed by atoms with Crippen molar-refractivity contribution in [3.63, 3.8) is 0 Å². The van der Waals surface area contributed by atoms with Crippen LogP contribution in [-0.4, -0.2) is 6.04 Å². The third-order valence-electron chi connectivity index (χ3n) is 2.56. The van der Waals surface area contributed by atoms with Gasteiger partial charge in [-0.1, -0.05) is 62.6 Å². The van der Waals surface area contributed by atoms with E-state index in [2.05, 4.69) is 36.4 Å². The maximum Gasteiger partial charge on any atom is 0.0928 e. The van der Waals surface area contributed by atoms with E-state index in [9.17, 15) is 0 Å². The fourth-order valence-corrected chi connectivity index (χ4v) is 1.33. The van der Waals surface area contributed by atoms with Crippen molar-refractivity contribution in [2.45, 2.75) is 26.3 Å². The van der Waals surface area contributed by atoms with Crippen LogP contribution in [0.1, 0.15) is 25.8 Å². The molecular weight excluding hydrogens is 220 g/mol. The highest BCUT2D eigenvalue weighted by molar-refractivity contribution is 5.61. The van der Waals surface area contributed by atoms with Gasteiger partial charge in [-0.05, 0) is 18.9 Å². The number of nitrogens with zero attached hydrogens (tertiary/aromatic N) is 2. The summed E-state index contributed by atoms with van der Waals surface area (Å²) in [6, 6.07) is 9.81. The van der Waals surface area contributed by atoms with Crippen molar-refractivity contribution in [2.75, 3.05) is 0 Å². The van der Waals surface area contributed by atoms with E-state index in [1.54, 1.807) is 0 Å². The van der Waals surface area contributed by atoms with Crippen molar-refractivity contribution in [2.24, 2.45) is 10.2 Å². The normalized spacial score (nSPS) is 13.0. The Morgan fingerprint density at radius 1 is 1.28 bits per heavy atom. The standard InChI is InChI=1S/C16H20N2/c1-5-6-10-13(2)14(3)17-18-15(4)16-11-8-7-9-12-16/h6-12,14H,2,4-5H2,1,3H3/b10-6-,18-17?. The lowest BCUT2D eigenvalue weighted by molar-refractivity contribution is 0.826. The number of azo groups is 1. The molecule has 18 heavy (non-hydrogen) atoms. The Morgan fingerprint density at radius 3 is 2.56 bits per heavy atom. The van der Waals surface area contributed by atoms with Gasteiger partial charge in [0.2, 0.25) is 0 Å². The molecule has 0 amide bonds. The summed E-state index contributed by atoms with van der Waals surface area (Å²) in [5.41, 5.74) is 2.62. The molecule has 0 aliphatic rings. The van der Waals surface area contributed by atoms with Crippen LogP contribution in [0.4, 0.5) is 0 Å². The summed E-state index contributed by atoms with van der Waals surface area (Å²) in [4.78, 5) is 0. The maximum absolute atomic E-state index is 4.23. The Kier molecular flexibility index (Phi) is 5.78. The predicted octanol–water partition coefficient (Wildman–Crippen LogP) is 5.02. The van der Waals surface area contributed by atoms with Crippen LogP contribution in [0.3, 0.4) is 0 Å². The molecule has 0 saturated carbocycles. The van der Waals surface area contributed by atoms with Gasteiger partial charge in [-0.2, -0.15) is 10.2 Å². The smallest absolute Gasteiger partial charge is 0.0928 e. The lowest BCUT2D eigenvalue weighted by Gasteiger charge is -2.05. The lowest BCUT2D eigenvalue weighted by atomic mass is 10.1. The zero-order valence-corrected chi connectivity index (χ0v) is 11.1. The van der Waals surface area contributed by atoms with Gasteiger partial charge in [-0.15, -0.1) is 0 Å². The van der Waals surface area contributed by atoms with E-state index in [-0.39, 0.29) is 6.04 Å². The molecular formula is C16H20N2. The third-order valence-corrected chi connectivity index (χ3v) is 2.56. The highest BCUT2D eigenvalue weighted by atomic mass is 15.1. The van der Waals surface area contributed by atoms with Gasteiger partial charge in [0.1, 0.15) is 0 Å². The largest absolute Gasteiger partial charge is 0.181 e. The highest BCUT2D eigenvalue weighted by Gasteiger charge is 2.02. The Labute approximate surface area is 109 Å². The first-order valence-electron chi connectivity index (χ1n) is 6.15. The fourth-order valence-electron chi connectivity index (χ4n) is 1.33. The topological polar surface area (TPSA) is 24.7 Å². The molecule has 0 heterocycles. The molecule has 0 saturated heterocycles. The first-order valence-corrected chi connectivity index (χ1v) is 6.15. The minimum atomic E-state index is -0.0201. The first-order chi connectivity index (χ1) is 8.65. The Hall–Kier alpha value is -1.96. The first kappa shape index (κ1) is 14.1. The third kappa shape index (κ3) is 4.50. The van der Waals surface area contributed by atoms with Crippen molar-refractivity contribution in [3.8, 4) is 0 Å². The number of allylic oxidation sites excluding steroid dienone is 1. The molecule has 0 N–H and O–H groups in total. The summed E-state index contributed by atoms with van der Waals surface area (Å²) >= 11 is 0. The summed E-state index contributed by atoms with van der Waals surface area (Å²) in [6.45, 7) is 11.9. The molecule has 2 nitrogen and oxygen atoms in total. The Morgan fingerprint density at radius 2 is 1.94 bits per heavy atom. The van der Waals surface area contributed by atoms with Crippen LogP contribution in [0.2, 0.25) is 0 Å². The molecule has 0 aliphatic heterocycles. The molecule has 1 atom stereocenters. The summed E-state index contributed by atoms with van der Waals surface area (Å²) in [5, 5.41) is 8.39. The van der Waals surface area contributed by atoms with Gasteiger partial charge in [0.15, 0.2) is 0 Å². The Balaban J connectivity index is 2.62. The van der Waals surface area contributed by atoms with Gasteiger partial charge in [-0.25, -0.2) is 0 Å². The summed E-state index contributed by atoms with van der Waals surface area (Å²) < 4.78 is 0.